The number of amides is 1. The highest BCUT2D eigenvalue weighted by Gasteiger charge is 2.15. The fraction of sp³-hybridized carbons (Fsp3) is 0.222. The molecule has 0 fully saturated rings. The molecule has 1 N–H and O–H groups in total. The van der Waals surface area contributed by atoms with Crippen LogP contribution in [0.3, 0.4) is 0 Å². The number of nitrogens with one attached hydrogen (secondary N) is 1. The number of para-hydroxylation sites is 1. The van der Waals surface area contributed by atoms with Crippen molar-refractivity contribution >= 4 is 16.8 Å². The average Bonchev–Trinajstić information content (AvgIpc) is 2.83. The zero-order valence-corrected chi connectivity index (χ0v) is 19.3. The molecule has 4 aromatic rings. The molecule has 0 atom stereocenters. The highest BCUT2D eigenvalue weighted by molar-refractivity contribution is 5.79. The first-order valence-corrected chi connectivity index (χ1v) is 11.1. The minimum Gasteiger partial charge on any atom is -0.383 e. The summed E-state index contributed by atoms with van der Waals surface area (Å²) in [5.41, 5.74) is 3.15. The van der Waals surface area contributed by atoms with Crippen molar-refractivity contribution in [3.63, 3.8) is 0 Å². The molecule has 0 aliphatic heterocycles. The summed E-state index contributed by atoms with van der Waals surface area (Å²) in [7, 11) is 1.58. The van der Waals surface area contributed by atoms with Crippen LogP contribution in [0.15, 0.2) is 82.4 Å². The predicted molar refractivity (Wildman–Crippen MR) is 133 cm³/mol. The molecule has 3 aromatic carbocycles. The van der Waals surface area contributed by atoms with Gasteiger partial charge < -0.3 is 10.1 Å². The lowest BCUT2D eigenvalue weighted by Gasteiger charge is -2.15. The predicted octanol–water partition coefficient (Wildman–Crippen LogP) is 2.81. The number of fused-ring (bicyclic) bond motifs is 1. The highest BCUT2D eigenvalue weighted by Crippen LogP contribution is 2.14. The largest absolute Gasteiger partial charge is 0.383 e. The van der Waals surface area contributed by atoms with Gasteiger partial charge in [-0.15, -0.1) is 0 Å². The van der Waals surface area contributed by atoms with Crippen molar-refractivity contribution in [2.24, 2.45) is 0 Å². The fourth-order valence-corrected chi connectivity index (χ4v) is 4.00. The minimum absolute atomic E-state index is 0.117. The van der Waals surface area contributed by atoms with Gasteiger partial charge in [-0.05, 0) is 42.3 Å². The SMILES string of the molecule is COCCNC(=O)Cc1ccc(-n2c(=O)c3ccccc3n(Cc3cccc(C)c3)c2=O)cc1. The molecule has 0 spiro atoms. The molecule has 34 heavy (non-hydrogen) atoms. The molecular weight excluding hydrogens is 430 g/mol. The number of carbonyl (C=O) groups excluding carboxylic acids is 1. The van der Waals surface area contributed by atoms with E-state index in [1.54, 1.807) is 54.1 Å². The van der Waals surface area contributed by atoms with Crippen LogP contribution in [0, 0.1) is 6.92 Å². The van der Waals surface area contributed by atoms with Crippen molar-refractivity contribution in [3.05, 3.63) is 110 Å². The molecule has 0 bridgehead atoms. The summed E-state index contributed by atoms with van der Waals surface area (Å²) in [4.78, 5) is 38.9. The van der Waals surface area contributed by atoms with Crippen molar-refractivity contribution in [1.29, 1.82) is 0 Å². The van der Waals surface area contributed by atoms with Gasteiger partial charge >= 0.3 is 5.69 Å². The molecule has 1 heterocycles. The first kappa shape index (κ1) is 23.2. The molecule has 0 saturated heterocycles. The Hall–Kier alpha value is -3.97. The summed E-state index contributed by atoms with van der Waals surface area (Å²) in [6.07, 6.45) is 0.203. The number of hydrogen-bond acceptors (Lipinski definition) is 4. The minimum atomic E-state index is -0.407. The van der Waals surface area contributed by atoms with Crippen LogP contribution in [0.4, 0.5) is 0 Å². The number of aryl methyl sites for hydroxylation is 1. The Morgan fingerprint density at radius 2 is 1.71 bits per heavy atom. The smallest absolute Gasteiger partial charge is 0.336 e. The van der Waals surface area contributed by atoms with E-state index in [1.807, 2.05) is 37.3 Å². The van der Waals surface area contributed by atoms with Crippen molar-refractivity contribution in [2.75, 3.05) is 20.3 Å². The normalized spacial score (nSPS) is 11.0. The first-order valence-electron chi connectivity index (χ1n) is 11.1. The number of nitrogens with zero attached hydrogens (tertiary/aromatic N) is 2. The van der Waals surface area contributed by atoms with Gasteiger partial charge in [-0.3, -0.25) is 14.2 Å². The van der Waals surface area contributed by atoms with Crippen LogP contribution in [-0.4, -0.2) is 35.3 Å². The van der Waals surface area contributed by atoms with Crippen LogP contribution in [0.5, 0.6) is 0 Å². The lowest BCUT2D eigenvalue weighted by atomic mass is 10.1. The molecule has 0 unspecified atom stereocenters. The molecule has 1 amide bonds. The molecule has 0 saturated carbocycles. The summed E-state index contributed by atoms with van der Waals surface area (Å²) in [6.45, 7) is 3.25. The van der Waals surface area contributed by atoms with E-state index in [2.05, 4.69) is 5.32 Å². The standard InChI is InChI=1S/C27H27N3O4/c1-19-6-5-7-21(16-19)18-29-24-9-4-3-8-23(24)26(32)30(27(29)33)22-12-10-20(11-13-22)17-25(31)28-14-15-34-2/h3-13,16H,14-15,17-18H2,1-2H3,(H,28,31). The maximum atomic E-state index is 13.6. The third-order valence-electron chi connectivity index (χ3n) is 5.66. The lowest BCUT2D eigenvalue weighted by molar-refractivity contribution is -0.120. The summed E-state index contributed by atoms with van der Waals surface area (Å²) in [5.74, 6) is -0.117. The topological polar surface area (TPSA) is 82.3 Å². The Kier molecular flexibility index (Phi) is 7.04. The van der Waals surface area contributed by atoms with E-state index in [0.29, 0.717) is 36.3 Å². The van der Waals surface area contributed by atoms with Crippen molar-refractivity contribution < 1.29 is 9.53 Å². The molecule has 0 aliphatic rings. The quantitative estimate of drug-likeness (QED) is 0.413. The van der Waals surface area contributed by atoms with Crippen LogP contribution in [0.1, 0.15) is 16.7 Å². The van der Waals surface area contributed by atoms with Gasteiger partial charge in [0.15, 0.2) is 0 Å². The third kappa shape index (κ3) is 5.00. The van der Waals surface area contributed by atoms with Crippen molar-refractivity contribution in [1.82, 2.24) is 14.5 Å². The van der Waals surface area contributed by atoms with Gasteiger partial charge in [0.2, 0.25) is 5.91 Å². The number of rotatable bonds is 8. The molecule has 1 aromatic heterocycles. The Bertz CT molecular complexity index is 1440. The highest BCUT2D eigenvalue weighted by atomic mass is 16.5. The zero-order chi connectivity index (χ0) is 24.1. The Labute approximate surface area is 197 Å². The van der Waals surface area contributed by atoms with Crippen molar-refractivity contribution in [2.45, 2.75) is 19.9 Å². The zero-order valence-electron chi connectivity index (χ0n) is 19.3. The van der Waals surface area contributed by atoms with E-state index < -0.39 is 5.69 Å². The van der Waals surface area contributed by atoms with Crippen LogP contribution in [-0.2, 0) is 22.5 Å². The van der Waals surface area contributed by atoms with E-state index in [1.165, 1.54) is 4.57 Å². The fourth-order valence-electron chi connectivity index (χ4n) is 4.00. The van der Waals surface area contributed by atoms with Gasteiger partial charge in [-0.2, -0.15) is 0 Å². The number of aromatic nitrogens is 2. The Morgan fingerprint density at radius 3 is 2.44 bits per heavy atom. The van der Waals surface area contributed by atoms with E-state index >= 15 is 0 Å². The van der Waals surface area contributed by atoms with E-state index in [-0.39, 0.29) is 17.9 Å². The van der Waals surface area contributed by atoms with Crippen LogP contribution < -0.4 is 16.6 Å². The van der Waals surface area contributed by atoms with Crippen LogP contribution >= 0.6 is 0 Å². The van der Waals surface area contributed by atoms with Gasteiger partial charge in [-0.25, -0.2) is 9.36 Å². The first-order chi connectivity index (χ1) is 16.5. The molecule has 174 valence electrons. The summed E-state index contributed by atoms with van der Waals surface area (Å²) in [6, 6.07) is 22.0. The van der Waals surface area contributed by atoms with E-state index in [4.69, 9.17) is 4.74 Å². The van der Waals surface area contributed by atoms with E-state index in [0.717, 1.165) is 16.7 Å². The van der Waals surface area contributed by atoms with Gasteiger partial charge in [0.05, 0.1) is 36.2 Å². The molecule has 0 aliphatic carbocycles. The number of hydrogen-bond donors (Lipinski definition) is 1. The number of benzene rings is 3. The van der Waals surface area contributed by atoms with E-state index in [9.17, 15) is 14.4 Å². The monoisotopic (exact) mass is 457 g/mol. The van der Waals surface area contributed by atoms with Crippen LogP contribution in [0.25, 0.3) is 16.6 Å². The second-order valence-electron chi connectivity index (χ2n) is 8.20. The average molecular weight is 458 g/mol. The maximum Gasteiger partial charge on any atom is 0.336 e. The number of ether oxygens (including phenoxy) is 1. The van der Waals surface area contributed by atoms with Gasteiger partial charge in [0.1, 0.15) is 0 Å². The molecule has 7 nitrogen and oxygen atoms in total. The number of methoxy groups -OCH3 is 1. The Morgan fingerprint density at radius 1 is 0.941 bits per heavy atom. The lowest BCUT2D eigenvalue weighted by Crippen LogP contribution is -2.39. The van der Waals surface area contributed by atoms with Gasteiger partial charge in [0.25, 0.3) is 5.56 Å². The molecule has 0 radical (unpaired) electrons. The van der Waals surface area contributed by atoms with Crippen molar-refractivity contribution in [3.8, 4) is 5.69 Å². The molecular formula is C27H27N3O4. The summed E-state index contributed by atoms with van der Waals surface area (Å²) >= 11 is 0. The van der Waals surface area contributed by atoms with Gasteiger partial charge in [-0.1, -0.05) is 54.1 Å². The number of carbonyl (C=O) groups is 1. The third-order valence-corrected chi connectivity index (χ3v) is 5.66. The van der Waals surface area contributed by atoms with Crippen LogP contribution in [0.2, 0.25) is 0 Å². The summed E-state index contributed by atoms with van der Waals surface area (Å²) < 4.78 is 7.76. The van der Waals surface area contributed by atoms with Gasteiger partial charge in [0, 0.05) is 13.7 Å². The molecule has 7 heteroatoms. The summed E-state index contributed by atoms with van der Waals surface area (Å²) in [5, 5.41) is 3.25. The maximum absolute atomic E-state index is 13.6. The Balaban J connectivity index is 1.72. The second-order valence-corrected chi connectivity index (χ2v) is 8.20. The second kappa shape index (κ2) is 10.3. The molecule has 4 rings (SSSR count).